The number of rotatable bonds is 5. The Morgan fingerprint density at radius 1 is 1.28 bits per heavy atom. The molecule has 0 aliphatic rings. The van der Waals surface area contributed by atoms with E-state index in [1.807, 2.05) is 0 Å². The van der Waals surface area contributed by atoms with Crippen molar-refractivity contribution in [3.05, 3.63) is 0 Å². The van der Waals surface area contributed by atoms with Crippen molar-refractivity contribution in [2.45, 2.75) is 45.8 Å². The predicted octanol–water partition coefficient (Wildman–Crippen LogP) is 0.917. The summed E-state index contributed by atoms with van der Waals surface area (Å²) in [7, 11) is 0. The predicted molar refractivity (Wildman–Crippen MR) is 62.0 cm³/mol. The first-order valence-electron chi connectivity index (χ1n) is 5.53. The second-order valence-corrected chi connectivity index (χ2v) is 4.55. The number of carbonyl (C=O) groups is 3. The van der Waals surface area contributed by atoms with Gasteiger partial charge in [0, 0.05) is 0 Å². The van der Waals surface area contributed by atoms with Crippen LogP contribution in [0.15, 0.2) is 0 Å². The Morgan fingerprint density at radius 3 is 2.22 bits per heavy atom. The molecule has 0 rings (SSSR count). The van der Waals surface area contributed by atoms with E-state index in [-0.39, 0.29) is 6.61 Å². The minimum Gasteiger partial charge on any atom is -0.481 e. The Morgan fingerprint density at radius 2 is 1.83 bits per heavy atom. The molecular formula is C11H19NO6. The first kappa shape index (κ1) is 16.2. The molecule has 0 spiro atoms. The number of carboxylic acid groups (broad SMARTS) is 1. The molecule has 0 fully saturated rings. The van der Waals surface area contributed by atoms with E-state index in [9.17, 15) is 14.4 Å². The molecular weight excluding hydrogens is 242 g/mol. The molecule has 0 aromatic carbocycles. The molecule has 2 N–H and O–H groups in total. The molecule has 0 heterocycles. The van der Waals surface area contributed by atoms with Gasteiger partial charge in [0.25, 0.3) is 0 Å². The molecule has 7 heteroatoms. The Kier molecular flexibility index (Phi) is 6.15. The Hall–Kier alpha value is -1.79. The van der Waals surface area contributed by atoms with E-state index >= 15 is 0 Å². The van der Waals surface area contributed by atoms with Crippen LogP contribution in [0.5, 0.6) is 0 Å². The molecule has 1 unspecified atom stereocenters. The van der Waals surface area contributed by atoms with Crippen molar-refractivity contribution in [2.24, 2.45) is 0 Å². The zero-order valence-electron chi connectivity index (χ0n) is 11.0. The summed E-state index contributed by atoms with van der Waals surface area (Å²) < 4.78 is 9.59. The van der Waals surface area contributed by atoms with E-state index < -0.39 is 36.1 Å². The topological polar surface area (TPSA) is 102 Å². The number of carbonyl (C=O) groups excluding carboxylic acids is 2. The van der Waals surface area contributed by atoms with Crippen molar-refractivity contribution in [3.63, 3.8) is 0 Å². The summed E-state index contributed by atoms with van der Waals surface area (Å²) in [5.74, 6) is -2.02. The minimum atomic E-state index is -1.25. The fourth-order valence-electron chi connectivity index (χ4n) is 1.06. The van der Waals surface area contributed by atoms with Crippen LogP contribution in [-0.2, 0) is 19.1 Å². The van der Waals surface area contributed by atoms with Crippen LogP contribution >= 0.6 is 0 Å². The first-order chi connectivity index (χ1) is 8.15. The Labute approximate surface area is 105 Å². The quantitative estimate of drug-likeness (QED) is 0.713. The van der Waals surface area contributed by atoms with Crippen LogP contribution in [0.2, 0.25) is 0 Å². The number of amides is 1. The normalized spacial score (nSPS) is 12.4. The smallest absolute Gasteiger partial charge is 0.408 e. The van der Waals surface area contributed by atoms with E-state index in [2.05, 4.69) is 10.1 Å². The van der Waals surface area contributed by atoms with Gasteiger partial charge < -0.3 is 19.9 Å². The number of ether oxygens (including phenoxy) is 2. The SMILES string of the molecule is CCOC(=O)C(CC(=O)O)NC(=O)OC(C)(C)C. The minimum absolute atomic E-state index is 0.102. The molecule has 0 aliphatic carbocycles. The number of esters is 1. The van der Waals surface area contributed by atoms with Crippen molar-refractivity contribution in [1.82, 2.24) is 5.32 Å². The van der Waals surface area contributed by atoms with Crippen LogP contribution in [0.3, 0.4) is 0 Å². The van der Waals surface area contributed by atoms with Crippen LogP contribution < -0.4 is 5.32 Å². The Bertz CT molecular complexity index is 320. The van der Waals surface area contributed by atoms with E-state index in [0.717, 1.165) is 0 Å². The number of alkyl carbamates (subject to hydrolysis) is 1. The van der Waals surface area contributed by atoms with Gasteiger partial charge in [-0.25, -0.2) is 9.59 Å². The summed E-state index contributed by atoms with van der Waals surface area (Å²) in [6.45, 7) is 6.66. The van der Waals surface area contributed by atoms with Crippen LogP contribution in [0.1, 0.15) is 34.1 Å². The van der Waals surface area contributed by atoms with Gasteiger partial charge in [0.1, 0.15) is 11.6 Å². The molecule has 1 atom stereocenters. The second kappa shape index (κ2) is 6.83. The van der Waals surface area contributed by atoms with E-state index in [4.69, 9.17) is 9.84 Å². The van der Waals surface area contributed by atoms with Crippen molar-refractivity contribution in [2.75, 3.05) is 6.61 Å². The molecule has 18 heavy (non-hydrogen) atoms. The molecule has 1 amide bonds. The molecule has 0 saturated heterocycles. The number of nitrogens with one attached hydrogen (secondary N) is 1. The van der Waals surface area contributed by atoms with E-state index in [1.54, 1.807) is 27.7 Å². The zero-order chi connectivity index (χ0) is 14.3. The van der Waals surface area contributed by atoms with Crippen molar-refractivity contribution < 1.29 is 29.0 Å². The number of carboxylic acids is 1. The average molecular weight is 261 g/mol. The molecule has 104 valence electrons. The highest BCUT2D eigenvalue weighted by molar-refractivity contribution is 5.85. The fraction of sp³-hybridized carbons (Fsp3) is 0.727. The summed E-state index contributed by atoms with van der Waals surface area (Å²) in [6, 6.07) is -1.25. The molecule has 0 aromatic rings. The molecule has 0 radical (unpaired) electrons. The van der Waals surface area contributed by atoms with E-state index in [0.29, 0.717) is 0 Å². The summed E-state index contributed by atoms with van der Waals surface area (Å²) in [5, 5.41) is 10.8. The average Bonchev–Trinajstić information content (AvgIpc) is 2.13. The Balaban J connectivity index is 4.54. The van der Waals surface area contributed by atoms with Crippen LogP contribution in [-0.4, -0.2) is 41.4 Å². The molecule has 0 saturated carbocycles. The lowest BCUT2D eigenvalue weighted by Gasteiger charge is -2.22. The summed E-state index contributed by atoms with van der Waals surface area (Å²) in [6.07, 6.45) is -1.42. The summed E-state index contributed by atoms with van der Waals surface area (Å²) in [5.41, 5.74) is -0.730. The third-order valence-corrected chi connectivity index (χ3v) is 1.64. The van der Waals surface area contributed by atoms with Gasteiger partial charge >= 0.3 is 18.0 Å². The summed E-state index contributed by atoms with van der Waals surface area (Å²) in [4.78, 5) is 33.4. The van der Waals surface area contributed by atoms with E-state index in [1.165, 1.54) is 0 Å². The monoisotopic (exact) mass is 261 g/mol. The highest BCUT2D eigenvalue weighted by atomic mass is 16.6. The van der Waals surface area contributed by atoms with Gasteiger partial charge in [-0.3, -0.25) is 4.79 Å². The lowest BCUT2D eigenvalue weighted by Crippen LogP contribution is -2.45. The molecule has 0 bridgehead atoms. The first-order valence-corrected chi connectivity index (χ1v) is 5.53. The maximum atomic E-state index is 11.4. The van der Waals surface area contributed by atoms with Crippen LogP contribution in [0.25, 0.3) is 0 Å². The maximum absolute atomic E-state index is 11.4. The fourth-order valence-corrected chi connectivity index (χ4v) is 1.06. The zero-order valence-corrected chi connectivity index (χ0v) is 11.0. The van der Waals surface area contributed by atoms with Crippen molar-refractivity contribution in [3.8, 4) is 0 Å². The van der Waals surface area contributed by atoms with Crippen LogP contribution in [0.4, 0.5) is 4.79 Å². The van der Waals surface area contributed by atoms with Gasteiger partial charge in [-0.2, -0.15) is 0 Å². The van der Waals surface area contributed by atoms with Gasteiger partial charge in [0.2, 0.25) is 0 Å². The molecule has 0 aromatic heterocycles. The highest BCUT2D eigenvalue weighted by Crippen LogP contribution is 2.07. The molecule has 7 nitrogen and oxygen atoms in total. The van der Waals surface area contributed by atoms with Gasteiger partial charge in [0.05, 0.1) is 13.0 Å². The number of hydrogen-bond donors (Lipinski definition) is 2. The third-order valence-electron chi connectivity index (χ3n) is 1.64. The summed E-state index contributed by atoms with van der Waals surface area (Å²) >= 11 is 0. The maximum Gasteiger partial charge on any atom is 0.408 e. The van der Waals surface area contributed by atoms with Gasteiger partial charge in [-0.1, -0.05) is 0 Å². The van der Waals surface area contributed by atoms with Gasteiger partial charge in [-0.15, -0.1) is 0 Å². The molecule has 0 aliphatic heterocycles. The van der Waals surface area contributed by atoms with Crippen molar-refractivity contribution >= 4 is 18.0 Å². The largest absolute Gasteiger partial charge is 0.481 e. The highest BCUT2D eigenvalue weighted by Gasteiger charge is 2.27. The number of aliphatic carboxylic acids is 1. The standard InChI is InChI=1S/C11H19NO6/c1-5-17-9(15)7(6-8(13)14)12-10(16)18-11(2,3)4/h7H,5-6H2,1-4H3,(H,12,16)(H,13,14). The lowest BCUT2D eigenvalue weighted by molar-refractivity contribution is -0.150. The third kappa shape index (κ3) is 7.48. The van der Waals surface area contributed by atoms with Gasteiger partial charge in [-0.05, 0) is 27.7 Å². The van der Waals surface area contributed by atoms with Gasteiger partial charge in [0.15, 0.2) is 0 Å². The second-order valence-electron chi connectivity index (χ2n) is 4.55. The van der Waals surface area contributed by atoms with Crippen LogP contribution in [0, 0.1) is 0 Å². The van der Waals surface area contributed by atoms with Crippen molar-refractivity contribution in [1.29, 1.82) is 0 Å². The lowest BCUT2D eigenvalue weighted by atomic mass is 10.2. The number of hydrogen-bond acceptors (Lipinski definition) is 5.